The van der Waals surface area contributed by atoms with Crippen molar-refractivity contribution >= 4 is 0 Å². The van der Waals surface area contributed by atoms with Crippen LogP contribution >= 0.6 is 0 Å². The van der Waals surface area contributed by atoms with Crippen molar-refractivity contribution in [2.24, 2.45) is 5.73 Å². The number of nitrogens with zero attached hydrogens (tertiary/aromatic N) is 2. The molecule has 1 aliphatic heterocycles. The number of piperazine rings is 1. The minimum Gasteiger partial charge on any atom is -0.381 e. The van der Waals surface area contributed by atoms with Gasteiger partial charge in [0.05, 0.1) is 6.10 Å². The van der Waals surface area contributed by atoms with Gasteiger partial charge in [-0.05, 0) is 39.2 Å². The zero-order chi connectivity index (χ0) is 13.9. The molecular weight excluding hydrogens is 238 g/mol. The Kier molecular flexibility index (Phi) is 5.23. The third-order valence-electron chi connectivity index (χ3n) is 5.50. The predicted molar refractivity (Wildman–Crippen MR) is 79.3 cm³/mol. The summed E-state index contributed by atoms with van der Waals surface area (Å²) in [4.78, 5) is 5.19. The molecule has 2 fully saturated rings. The van der Waals surface area contributed by atoms with Crippen molar-refractivity contribution in [1.29, 1.82) is 0 Å². The number of hydrogen-bond donors (Lipinski definition) is 1. The molecule has 112 valence electrons. The van der Waals surface area contributed by atoms with Crippen LogP contribution < -0.4 is 5.73 Å². The van der Waals surface area contributed by atoms with Crippen LogP contribution in [0.1, 0.15) is 39.0 Å². The Morgan fingerprint density at radius 3 is 2.47 bits per heavy atom. The molecule has 1 saturated carbocycles. The molecule has 0 aromatic heterocycles. The van der Waals surface area contributed by atoms with E-state index in [9.17, 15) is 0 Å². The summed E-state index contributed by atoms with van der Waals surface area (Å²) in [5.41, 5.74) is 6.42. The van der Waals surface area contributed by atoms with Gasteiger partial charge in [-0.1, -0.05) is 6.92 Å². The van der Waals surface area contributed by atoms with E-state index in [-0.39, 0.29) is 5.54 Å². The van der Waals surface area contributed by atoms with E-state index in [2.05, 4.69) is 23.8 Å². The molecule has 4 heteroatoms. The second kappa shape index (κ2) is 6.53. The van der Waals surface area contributed by atoms with Gasteiger partial charge in [-0.3, -0.25) is 4.90 Å². The van der Waals surface area contributed by atoms with Gasteiger partial charge in [0, 0.05) is 44.9 Å². The number of methoxy groups -OCH3 is 1. The Bertz CT molecular complexity index is 277. The number of likely N-dealkylation sites (N-methyl/N-ethyl adjacent to an activating group) is 1. The first-order chi connectivity index (χ1) is 9.15. The molecule has 1 aliphatic carbocycles. The molecule has 1 atom stereocenters. The Hall–Kier alpha value is -0.160. The average Bonchev–Trinajstić information content (AvgIpc) is 2.47. The highest BCUT2D eigenvalue weighted by Crippen LogP contribution is 2.35. The van der Waals surface area contributed by atoms with Gasteiger partial charge < -0.3 is 15.4 Å². The zero-order valence-corrected chi connectivity index (χ0v) is 12.9. The molecule has 0 spiro atoms. The van der Waals surface area contributed by atoms with Crippen LogP contribution in [-0.2, 0) is 4.74 Å². The summed E-state index contributed by atoms with van der Waals surface area (Å²) < 4.78 is 5.51. The molecule has 0 bridgehead atoms. The van der Waals surface area contributed by atoms with E-state index in [1.54, 1.807) is 0 Å². The van der Waals surface area contributed by atoms with Gasteiger partial charge >= 0.3 is 0 Å². The second-order valence-electron chi connectivity index (χ2n) is 6.35. The van der Waals surface area contributed by atoms with Crippen LogP contribution in [0.15, 0.2) is 0 Å². The molecular formula is C15H31N3O. The fourth-order valence-corrected chi connectivity index (χ4v) is 3.83. The Morgan fingerprint density at radius 2 is 1.95 bits per heavy atom. The second-order valence-corrected chi connectivity index (χ2v) is 6.35. The maximum Gasteiger partial charge on any atom is 0.0572 e. The molecule has 0 aromatic carbocycles. The summed E-state index contributed by atoms with van der Waals surface area (Å²) in [7, 11) is 4.09. The first-order valence-electron chi connectivity index (χ1n) is 7.83. The molecule has 1 saturated heterocycles. The molecule has 0 aromatic rings. The van der Waals surface area contributed by atoms with Crippen molar-refractivity contribution < 1.29 is 4.74 Å². The minimum absolute atomic E-state index is 0.240. The van der Waals surface area contributed by atoms with Gasteiger partial charge in [-0.25, -0.2) is 0 Å². The summed E-state index contributed by atoms with van der Waals surface area (Å²) in [6.45, 7) is 6.61. The van der Waals surface area contributed by atoms with Crippen LogP contribution in [0, 0.1) is 0 Å². The highest BCUT2D eigenvalue weighted by molar-refractivity contribution is 4.99. The lowest BCUT2D eigenvalue weighted by Gasteiger charge is -2.52. The smallest absolute Gasteiger partial charge is 0.0572 e. The first kappa shape index (κ1) is 15.2. The lowest BCUT2D eigenvalue weighted by molar-refractivity contribution is -0.0378. The minimum atomic E-state index is 0.240. The van der Waals surface area contributed by atoms with Crippen molar-refractivity contribution in [3.8, 4) is 0 Å². The molecule has 0 radical (unpaired) electrons. The summed E-state index contributed by atoms with van der Waals surface area (Å²) in [5.74, 6) is 0. The normalized spacial score (nSPS) is 38.5. The van der Waals surface area contributed by atoms with Gasteiger partial charge in [-0.2, -0.15) is 0 Å². The van der Waals surface area contributed by atoms with Crippen LogP contribution in [0.2, 0.25) is 0 Å². The van der Waals surface area contributed by atoms with Crippen LogP contribution in [-0.4, -0.2) is 67.8 Å². The monoisotopic (exact) mass is 269 g/mol. The van der Waals surface area contributed by atoms with E-state index in [0.29, 0.717) is 12.1 Å². The van der Waals surface area contributed by atoms with Crippen molar-refractivity contribution in [1.82, 2.24) is 9.80 Å². The fraction of sp³-hybridized carbons (Fsp3) is 1.00. The molecule has 2 rings (SSSR count). The fourth-order valence-electron chi connectivity index (χ4n) is 3.83. The van der Waals surface area contributed by atoms with E-state index in [4.69, 9.17) is 10.5 Å². The Labute approximate surface area is 118 Å². The number of rotatable bonds is 4. The quantitative estimate of drug-likeness (QED) is 0.835. The summed E-state index contributed by atoms with van der Waals surface area (Å²) in [6.07, 6.45) is 6.40. The average molecular weight is 269 g/mol. The van der Waals surface area contributed by atoms with Crippen LogP contribution in [0.25, 0.3) is 0 Å². The number of nitrogens with two attached hydrogens (primary N) is 1. The van der Waals surface area contributed by atoms with Crippen molar-refractivity contribution in [3.63, 3.8) is 0 Å². The third kappa shape index (κ3) is 3.13. The van der Waals surface area contributed by atoms with Gasteiger partial charge in [0.15, 0.2) is 0 Å². The maximum absolute atomic E-state index is 6.18. The Morgan fingerprint density at radius 1 is 1.26 bits per heavy atom. The topological polar surface area (TPSA) is 41.7 Å². The van der Waals surface area contributed by atoms with Crippen molar-refractivity contribution in [2.45, 2.75) is 56.7 Å². The Balaban J connectivity index is 2.01. The standard InChI is InChI=1S/C15H31N3O/c1-4-13-11-18(10-9-17(13)2)15(12-16)7-5-14(19-3)6-8-15/h13-14H,4-12,16H2,1-3H3. The predicted octanol–water partition coefficient (Wildman–Crippen LogP) is 1.30. The summed E-state index contributed by atoms with van der Waals surface area (Å²) in [5, 5.41) is 0. The summed E-state index contributed by atoms with van der Waals surface area (Å²) >= 11 is 0. The molecule has 4 nitrogen and oxygen atoms in total. The molecule has 2 N–H and O–H groups in total. The van der Waals surface area contributed by atoms with E-state index in [1.165, 1.54) is 38.9 Å². The number of ether oxygens (including phenoxy) is 1. The van der Waals surface area contributed by atoms with Crippen LogP contribution in [0.5, 0.6) is 0 Å². The van der Waals surface area contributed by atoms with Crippen molar-refractivity contribution in [3.05, 3.63) is 0 Å². The third-order valence-corrected chi connectivity index (χ3v) is 5.50. The zero-order valence-electron chi connectivity index (χ0n) is 12.9. The van der Waals surface area contributed by atoms with Gasteiger partial charge in [0.1, 0.15) is 0 Å². The van der Waals surface area contributed by atoms with Gasteiger partial charge in [0.25, 0.3) is 0 Å². The van der Waals surface area contributed by atoms with E-state index in [0.717, 1.165) is 19.4 Å². The van der Waals surface area contributed by atoms with Gasteiger partial charge in [0.2, 0.25) is 0 Å². The molecule has 2 aliphatic rings. The van der Waals surface area contributed by atoms with Crippen LogP contribution in [0.3, 0.4) is 0 Å². The first-order valence-corrected chi connectivity index (χ1v) is 7.83. The van der Waals surface area contributed by atoms with Crippen LogP contribution in [0.4, 0.5) is 0 Å². The molecule has 0 amide bonds. The van der Waals surface area contributed by atoms with E-state index < -0.39 is 0 Å². The lowest BCUT2D eigenvalue weighted by atomic mass is 9.78. The lowest BCUT2D eigenvalue weighted by Crippen LogP contribution is -2.63. The number of hydrogen-bond acceptors (Lipinski definition) is 4. The SMILES string of the molecule is CCC1CN(C2(CN)CCC(OC)CC2)CCN1C. The highest BCUT2D eigenvalue weighted by atomic mass is 16.5. The van der Waals surface area contributed by atoms with Crippen molar-refractivity contribution in [2.75, 3.05) is 40.3 Å². The molecule has 1 heterocycles. The largest absolute Gasteiger partial charge is 0.381 e. The van der Waals surface area contributed by atoms with E-state index >= 15 is 0 Å². The summed E-state index contributed by atoms with van der Waals surface area (Å²) in [6, 6.07) is 0.692. The molecule has 19 heavy (non-hydrogen) atoms. The maximum atomic E-state index is 6.18. The van der Waals surface area contributed by atoms with E-state index in [1.807, 2.05) is 7.11 Å². The highest BCUT2D eigenvalue weighted by Gasteiger charge is 2.41. The van der Waals surface area contributed by atoms with Gasteiger partial charge in [-0.15, -0.1) is 0 Å². The molecule has 1 unspecified atom stereocenters.